The molecule has 0 bridgehead atoms. The van der Waals surface area contributed by atoms with Crippen LogP contribution >= 0.6 is 24.0 Å². The third kappa shape index (κ3) is 12.9. The van der Waals surface area contributed by atoms with Crippen molar-refractivity contribution in [3.63, 3.8) is 0 Å². The number of nitrogens with zero attached hydrogens (tertiary/aromatic N) is 2. The number of carbonyl (C=O) groups excluding carboxylic acids is 1. The standard InChI is InChI=1S/C15H30N4O2.HI/c1-5-6-7-8-9-11-19(3)15(16-2)18-13-14(20)17-10-12-21-4;/h5H,1,6-13H2,2-4H3,(H,16,18)(H,17,20);1H. The minimum atomic E-state index is -0.0624. The second-order valence-corrected chi connectivity index (χ2v) is 4.80. The smallest absolute Gasteiger partial charge is 0.239 e. The highest BCUT2D eigenvalue weighted by molar-refractivity contribution is 14.0. The molecule has 0 atom stereocenters. The van der Waals surface area contributed by atoms with Crippen molar-refractivity contribution in [3.05, 3.63) is 12.7 Å². The minimum absolute atomic E-state index is 0. The Morgan fingerprint density at radius 2 is 2.05 bits per heavy atom. The summed E-state index contributed by atoms with van der Waals surface area (Å²) in [6.45, 7) is 5.90. The summed E-state index contributed by atoms with van der Waals surface area (Å²) >= 11 is 0. The summed E-state index contributed by atoms with van der Waals surface area (Å²) in [7, 11) is 5.31. The maximum absolute atomic E-state index is 11.6. The third-order valence-corrected chi connectivity index (χ3v) is 3.01. The number of unbranched alkanes of at least 4 members (excludes halogenated alkanes) is 3. The minimum Gasteiger partial charge on any atom is -0.383 e. The number of hydrogen-bond donors (Lipinski definition) is 2. The van der Waals surface area contributed by atoms with E-state index in [1.165, 1.54) is 12.8 Å². The maximum Gasteiger partial charge on any atom is 0.239 e. The number of carbonyl (C=O) groups is 1. The van der Waals surface area contributed by atoms with Gasteiger partial charge in [-0.05, 0) is 19.3 Å². The van der Waals surface area contributed by atoms with E-state index in [0.717, 1.165) is 25.3 Å². The van der Waals surface area contributed by atoms with E-state index in [2.05, 4.69) is 22.2 Å². The number of aliphatic imine (C=N–C) groups is 1. The van der Waals surface area contributed by atoms with Crippen molar-refractivity contribution >= 4 is 35.8 Å². The van der Waals surface area contributed by atoms with Gasteiger partial charge in [0.2, 0.25) is 5.91 Å². The van der Waals surface area contributed by atoms with Gasteiger partial charge in [-0.3, -0.25) is 9.79 Å². The van der Waals surface area contributed by atoms with Gasteiger partial charge in [0.25, 0.3) is 0 Å². The van der Waals surface area contributed by atoms with Gasteiger partial charge in [-0.25, -0.2) is 0 Å². The van der Waals surface area contributed by atoms with Crippen molar-refractivity contribution in [1.82, 2.24) is 15.5 Å². The predicted molar refractivity (Wildman–Crippen MR) is 103 cm³/mol. The van der Waals surface area contributed by atoms with Crippen LogP contribution in [0.25, 0.3) is 0 Å². The molecule has 0 fully saturated rings. The first-order chi connectivity index (χ1) is 10.2. The Morgan fingerprint density at radius 3 is 2.64 bits per heavy atom. The zero-order chi connectivity index (χ0) is 15.9. The highest BCUT2D eigenvalue weighted by Gasteiger charge is 2.07. The molecule has 2 N–H and O–H groups in total. The van der Waals surface area contributed by atoms with Gasteiger partial charge in [-0.2, -0.15) is 0 Å². The van der Waals surface area contributed by atoms with Gasteiger partial charge < -0.3 is 20.3 Å². The molecule has 6 nitrogen and oxygen atoms in total. The van der Waals surface area contributed by atoms with E-state index in [0.29, 0.717) is 13.2 Å². The highest BCUT2D eigenvalue weighted by Crippen LogP contribution is 2.01. The molecular formula is C15H31IN4O2. The fourth-order valence-corrected chi connectivity index (χ4v) is 1.82. The Morgan fingerprint density at radius 1 is 1.32 bits per heavy atom. The van der Waals surface area contributed by atoms with Crippen LogP contribution in [0, 0.1) is 0 Å². The van der Waals surface area contributed by atoms with Crippen molar-refractivity contribution in [2.24, 2.45) is 4.99 Å². The topological polar surface area (TPSA) is 66.0 Å². The van der Waals surface area contributed by atoms with Gasteiger partial charge in [0.15, 0.2) is 5.96 Å². The van der Waals surface area contributed by atoms with Crippen LogP contribution in [0.5, 0.6) is 0 Å². The van der Waals surface area contributed by atoms with E-state index < -0.39 is 0 Å². The van der Waals surface area contributed by atoms with Gasteiger partial charge in [-0.1, -0.05) is 12.5 Å². The summed E-state index contributed by atoms with van der Waals surface area (Å²) in [5.74, 6) is 0.674. The van der Waals surface area contributed by atoms with Crippen LogP contribution in [0.1, 0.15) is 25.7 Å². The molecule has 0 radical (unpaired) electrons. The quantitative estimate of drug-likeness (QED) is 0.173. The second-order valence-electron chi connectivity index (χ2n) is 4.80. The van der Waals surface area contributed by atoms with Crippen molar-refractivity contribution in [3.8, 4) is 0 Å². The normalized spacial score (nSPS) is 10.6. The SMILES string of the molecule is C=CCCCCCN(C)C(=NC)NCC(=O)NCCOC.I. The van der Waals surface area contributed by atoms with Crippen molar-refractivity contribution in [1.29, 1.82) is 0 Å². The van der Waals surface area contributed by atoms with E-state index in [1.54, 1.807) is 14.2 Å². The lowest BCUT2D eigenvalue weighted by molar-refractivity contribution is -0.120. The molecule has 0 aliphatic carbocycles. The van der Waals surface area contributed by atoms with E-state index >= 15 is 0 Å². The Balaban J connectivity index is 0. The lowest BCUT2D eigenvalue weighted by Crippen LogP contribution is -2.44. The van der Waals surface area contributed by atoms with E-state index in [9.17, 15) is 4.79 Å². The number of allylic oxidation sites excluding steroid dienone is 1. The summed E-state index contributed by atoms with van der Waals surface area (Å²) in [4.78, 5) is 17.8. The fourth-order valence-electron chi connectivity index (χ4n) is 1.82. The van der Waals surface area contributed by atoms with Gasteiger partial charge in [0.1, 0.15) is 0 Å². The van der Waals surface area contributed by atoms with Crippen LogP contribution in [0.3, 0.4) is 0 Å². The summed E-state index contributed by atoms with van der Waals surface area (Å²) < 4.78 is 4.88. The fraction of sp³-hybridized carbons (Fsp3) is 0.733. The summed E-state index contributed by atoms with van der Waals surface area (Å²) in [5, 5.41) is 5.81. The molecule has 0 rings (SSSR count). The Bertz CT molecular complexity index is 325. The third-order valence-electron chi connectivity index (χ3n) is 3.01. The van der Waals surface area contributed by atoms with Crippen LogP contribution in [0.2, 0.25) is 0 Å². The zero-order valence-electron chi connectivity index (χ0n) is 14.1. The van der Waals surface area contributed by atoms with E-state index in [1.807, 2.05) is 18.0 Å². The predicted octanol–water partition coefficient (Wildman–Crippen LogP) is 1.62. The Kier molecular flexibility index (Phi) is 17.6. The molecule has 0 heterocycles. The van der Waals surface area contributed by atoms with Crippen LogP contribution in [-0.4, -0.2) is 64.2 Å². The highest BCUT2D eigenvalue weighted by atomic mass is 127. The lowest BCUT2D eigenvalue weighted by Gasteiger charge is -2.21. The van der Waals surface area contributed by atoms with Crippen LogP contribution in [0.4, 0.5) is 0 Å². The largest absolute Gasteiger partial charge is 0.383 e. The molecule has 1 amide bonds. The molecule has 0 saturated heterocycles. The Labute approximate surface area is 151 Å². The first-order valence-corrected chi connectivity index (χ1v) is 7.44. The molecule has 0 unspecified atom stereocenters. The molecule has 0 aliphatic heterocycles. The van der Waals surface area contributed by atoms with Gasteiger partial charge in [0, 0.05) is 34.3 Å². The molecule has 22 heavy (non-hydrogen) atoms. The number of amides is 1. The summed E-state index contributed by atoms with van der Waals surface area (Å²) in [5.41, 5.74) is 0. The number of ether oxygens (including phenoxy) is 1. The molecule has 0 saturated carbocycles. The number of hydrogen-bond acceptors (Lipinski definition) is 3. The Hall–Kier alpha value is -0.830. The van der Waals surface area contributed by atoms with E-state index in [-0.39, 0.29) is 36.4 Å². The molecule has 0 aromatic carbocycles. The summed E-state index contributed by atoms with van der Waals surface area (Å²) in [6.07, 6.45) is 6.46. The molecule has 7 heteroatoms. The summed E-state index contributed by atoms with van der Waals surface area (Å²) in [6, 6.07) is 0. The number of methoxy groups -OCH3 is 1. The number of guanidine groups is 1. The molecular weight excluding hydrogens is 395 g/mol. The van der Waals surface area contributed by atoms with Crippen molar-refractivity contribution in [2.75, 3.05) is 47.4 Å². The molecule has 0 aliphatic rings. The van der Waals surface area contributed by atoms with Gasteiger partial charge in [-0.15, -0.1) is 30.6 Å². The average molecular weight is 426 g/mol. The van der Waals surface area contributed by atoms with Crippen LogP contribution in [0.15, 0.2) is 17.6 Å². The second kappa shape index (κ2) is 16.5. The molecule has 0 spiro atoms. The molecule has 130 valence electrons. The number of rotatable bonds is 11. The van der Waals surface area contributed by atoms with Crippen LogP contribution < -0.4 is 10.6 Å². The van der Waals surface area contributed by atoms with Crippen LogP contribution in [-0.2, 0) is 9.53 Å². The van der Waals surface area contributed by atoms with E-state index in [4.69, 9.17) is 4.74 Å². The molecule has 0 aromatic heterocycles. The van der Waals surface area contributed by atoms with Crippen molar-refractivity contribution in [2.45, 2.75) is 25.7 Å². The monoisotopic (exact) mass is 426 g/mol. The van der Waals surface area contributed by atoms with Gasteiger partial charge in [0.05, 0.1) is 13.2 Å². The molecule has 0 aromatic rings. The first kappa shape index (κ1) is 23.4. The zero-order valence-corrected chi connectivity index (χ0v) is 16.4. The van der Waals surface area contributed by atoms with Gasteiger partial charge >= 0.3 is 0 Å². The van der Waals surface area contributed by atoms with Crippen molar-refractivity contribution < 1.29 is 9.53 Å². The number of halogens is 1. The number of nitrogens with one attached hydrogen (secondary N) is 2. The lowest BCUT2D eigenvalue weighted by atomic mass is 10.2. The maximum atomic E-state index is 11.6. The average Bonchev–Trinajstić information content (AvgIpc) is 2.48. The first-order valence-electron chi connectivity index (χ1n) is 7.44.